The lowest BCUT2D eigenvalue weighted by molar-refractivity contribution is -0.117. The fourth-order valence-electron chi connectivity index (χ4n) is 1.87. The molecule has 0 saturated heterocycles. The first-order valence-electron chi connectivity index (χ1n) is 4.95. The van der Waals surface area contributed by atoms with Crippen molar-refractivity contribution in [2.24, 2.45) is 0 Å². The van der Waals surface area contributed by atoms with Gasteiger partial charge >= 0.3 is 0 Å². The Labute approximate surface area is 93.7 Å². The molecule has 1 heterocycles. The van der Waals surface area contributed by atoms with Gasteiger partial charge in [0.05, 0.1) is 19.9 Å². The summed E-state index contributed by atoms with van der Waals surface area (Å²) in [5.41, 5.74) is 1.65. The van der Waals surface area contributed by atoms with Gasteiger partial charge in [0.15, 0.2) is 11.5 Å². The van der Waals surface area contributed by atoms with Crippen molar-refractivity contribution in [3.63, 3.8) is 0 Å². The predicted molar refractivity (Wildman–Crippen MR) is 60.0 cm³/mol. The molecule has 0 aromatic heterocycles. The van der Waals surface area contributed by atoms with Crippen LogP contribution in [0.2, 0.25) is 0 Å². The highest BCUT2D eigenvalue weighted by molar-refractivity contribution is 6.03. The Hall–Kier alpha value is -1.75. The minimum atomic E-state index is -0.324. The molecule has 0 saturated carbocycles. The molecule has 1 aliphatic heterocycles. The number of carbonyl (C=O) groups is 1. The number of hydrogen-bond donors (Lipinski definition) is 2. The van der Waals surface area contributed by atoms with Gasteiger partial charge in [0, 0.05) is 11.6 Å². The molecule has 2 N–H and O–H groups in total. The maximum atomic E-state index is 11.6. The molecule has 1 aliphatic rings. The van der Waals surface area contributed by atoms with Crippen LogP contribution in [0, 0.1) is 0 Å². The highest BCUT2D eigenvalue weighted by Crippen LogP contribution is 2.39. The molecule has 16 heavy (non-hydrogen) atoms. The van der Waals surface area contributed by atoms with Crippen LogP contribution in [0.15, 0.2) is 12.1 Å². The van der Waals surface area contributed by atoms with Crippen LogP contribution < -0.4 is 20.1 Å². The van der Waals surface area contributed by atoms with Crippen molar-refractivity contribution >= 4 is 11.6 Å². The third-order valence-corrected chi connectivity index (χ3v) is 2.68. The quantitative estimate of drug-likeness (QED) is 0.798. The van der Waals surface area contributed by atoms with Crippen LogP contribution in [-0.2, 0) is 4.79 Å². The van der Waals surface area contributed by atoms with Crippen LogP contribution in [0.25, 0.3) is 0 Å². The highest BCUT2D eigenvalue weighted by Gasteiger charge is 2.30. The average molecular weight is 222 g/mol. The minimum Gasteiger partial charge on any atom is -0.493 e. The van der Waals surface area contributed by atoms with Gasteiger partial charge in [-0.1, -0.05) is 0 Å². The zero-order chi connectivity index (χ0) is 11.7. The molecule has 0 spiro atoms. The van der Waals surface area contributed by atoms with Gasteiger partial charge < -0.3 is 20.1 Å². The van der Waals surface area contributed by atoms with Crippen LogP contribution in [0.1, 0.15) is 11.6 Å². The SMILES string of the molecule is CNC1C(=O)Nc2cc(OC)c(OC)cc21. The largest absolute Gasteiger partial charge is 0.493 e. The summed E-state index contributed by atoms with van der Waals surface area (Å²) in [6.45, 7) is 0. The van der Waals surface area contributed by atoms with Gasteiger partial charge in [-0.05, 0) is 13.1 Å². The van der Waals surface area contributed by atoms with Crippen LogP contribution >= 0.6 is 0 Å². The average Bonchev–Trinajstić information content (AvgIpc) is 2.61. The Kier molecular flexibility index (Phi) is 2.70. The summed E-state index contributed by atoms with van der Waals surface area (Å²) in [6, 6.07) is 3.26. The van der Waals surface area contributed by atoms with E-state index in [1.807, 2.05) is 6.07 Å². The molecule has 0 fully saturated rings. The van der Waals surface area contributed by atoms with Gasteiger partial charge in [0.2, 0.25) is 5.91 Å². The number of benzene rings is 1. The van der Waals surface area contributed by atoms with Gasteiger partial charge in [0.1, 0.15) is 6.04 Å². The molecule has 5 heteroatoms. The van der Waals surface area contributed by atoms with Gasteiger partial charge in [-0.2, -0.15) is 0 Å². The third-order valence-electron chi connectivity index (χ3n) is 2.68. The summed E-state index contributed by atoms with van der Waals surface area (Å²) in [5.74, 6) is 1.17. The number of carbonyl (C=O) groups excluding carboxylic acids is 1. The van der Waals surface area contributed by atoms with Crippen molar-refractivity contribution in [1.29, 1.82) is 0 Å². The van der Waals surface area contributed by atoms with Crippen molar-refractivity contribution in [2.75, 3.05) is 26.6 Å². The summed E-state index contributed by atoms with van der Waals surface area (Å²) in [5, 5.41) is 5.74. The molecule has 2 rings (SSSR count). The predicted octanol–water partition coefficient (Wildman–Crippen LogP) is 0.916. The maximum absolute atomic E-state index is 11.6. The first-order chi connectivity index (χ1) is 7.71. The van der Waals surface area contributed by atoms with Crippen LogP contribution in [0.5, 0.6) is 11.5 Å². The third kappa shape index (κ3) is 1.49. The van der Waals surface area contributed by atoms with Crippen LogP contribution in [0.4, 0.5) is 5.69 Å². The van der Waals surface area contributed by atoms with Gasteiger partial charge in [-0.3, -0.25) is 4.79 Å². The van der Waals surface area contributed by atoms with Gasteiger partial charge in [-0.25, -0.2) is 0 Å². The molecule has 1 aromatic carbocycles. The fraction of sp³-hybridized carbons (Fsp3) is 0.364. The van der Waals surface area contributed by atoms with E-state index >= 15 is 0 Å². The molecule has 0 bridgehead atoms. The molecule has 1 atom stereocenters. The summed E-state index contributed by atoms with van der Waals surface area (Å²) < 4.78 is 10.4. The second-order valence-corrected chi connectivity index (χ2v) is 3.51. The lowest BCUT2D eigenvalue weighted by Crippen LogP contribution is -2.23. The van der Waals surface area contributed by atoms with Crippen molar-refractivity contribution in [3.8, 4) is 11.5 Å². The first-order valence-corrected chi connectivity index (χ1v) is 4.95. The number of rotatable bonds is 3. The van der Waals surface area contributed by atoms with E-state index in [-0.39, 0.29) is 11.9 Å². The van der Waals surface area contributed by atoms with Gasteiger partial charge in [-0.15, -0.1) is 0 Å². The summed E-state index contributed by atoms with van der Waals surface area (Å²) in [6.07, 6.45) is 0. The van der Waals surface area contributed by atoms with Gasteiger partial charge in [0.25, 0.3) is 0 Å². The van der Waals surface area contributed by atoms with Crippen molar-refractivity contribution < 1.29 is 14.3 Å². The Morgan fingerprint density at radius 3 is 2.44 bits per heavy atom. The number of likely N-dealkylation sites (N-methyl/N-ethyl adjacent to an activating group) is 1. The van der Waals surface area contributed by atoms with Crippen molar-refractivity contribution in [1.82, 2.24) is 5.32 Å². The first kappa shape index (κ1) is 10.8. The van der Waals surface area contributed by atoms with E-state index in [9.17, 15) is 4.79 Å². The zero-order valence-electron chi connectivity index (χ0n) is 9.46. The van der Waals surface area contributed by atoms with E-state index in [0.29, 0.717) is 11.5 Å². The van der Waals surface area contributed by atoms with Crippen LogP contribution in [-0.4, -0.2) is 27.2 Å². The van der Waals surface area contributed by atoms with E-state index in [1.165, 1.54) is 0 Å². The number of hydrogen-bond acceptors (Lipinski definition) is 4. The number of anilines is 1. The molecular weight excluding hydrogens is 208 g/mol. The molecular formula is C11H14N2O3. The maximum Gasteiger partial charge on any atom is 0.246 e. The lowest BCUT2D eigenvalue weighted by Gasteiger charge is -2.11. The van der Waals surface area contributed by atoms with Crippen molar-refractivity contribution in [3.05, 3.63) is 17.7 Å². The summed E-state index contributed by atoms with van der Waals surface area (Å²) >= 11 is 0. The molecule has 1 amide bonds. The van der Waals surface area contributed by atoms with E-state index in [1.54, 1.807) is 27.3 Å². The number of fused-ring (bicyclic) bond motifs is 1. The minimum absolute atomic E-state index is 0.0622. The second-order valence-electron chi connectivity index (χ2n) is 3.51. The molecule has 0 aliphatic carbocycles. The Bertz CT molecular complexity index is 431. The number of ether oxygens (including phenoxy) is 2. The Balaban J connectivity index is 2.51. The summed E-state index contributed by atoms with van der Waals surface area (Å²) in [7, 11) is 4.88. The monoisotopic (exact) mass is 222 g/mol. The zero-order valence-corrected chi connectivity index (χ0v) is 9.46. The Morgan fingerprint density at radius 2 is 1.88 bits per heavy atom. The lowest BCUT2D eigenvalue weighted by atomic mass is 10.1. The smallest absolute Gasteiger partial charge is 0.246 e. The fourth-order valence-corrected chi connectivity index (χ4v) is 1.87. The second kappa shape index (κ2) is 4.02. The van der Waals surface area contributed by atoms with E-state index in [2.05, 4.69) is 10.6 Å². The number of methoxy groups -OCH3 is 2. The highest BCUT2D eigenvalue weighted by atomic mass is 16.5. The number of amides is 1. The standard InChI is InChI=1S/C11H14N2O3/c1-12-10-6-4-8(15-2)9(16-3)5-7(6)13-11(10)14/h4-5,10,12H,1-3H3,(H,13,14). The molecule has 86 valence electrons. The topological polar surface area (TPSA) is 59.6 Å². The number of nitrogens with one attached hydrogen (secondary N) is 2. The van der Waals surface area contributed by atoms with Crippen LogP contribution in [0.3, 0.4) is 0 Å². The van der Waals surface area contributed by atoms with E-state index in [0.717, 1.165) is 11.3 Å². The Morgan fingerprint density at radius 1 is 1.25 bits per heavy atom. The molecule has 1 unspecified atom stereocenters. The normalized spacial score (nSPS) is 17.9. The summed E-state index contributed by atoms with van der Waals surface area (Å²) in [4.78, 5) is 11.6. The molecule has 1 aromatic rings. The van der Waals surface area contributed by atoms with E-state index < -0.39 is 0 Å². The van der Waals surface area contributed by atoms with Crippen molar-refractivity contribution in [2.45, 2.75) is 6.04 Å². The molecule has 5 nitrogen and oxygen atoms in total. The van der Waals surface area contributed by atoms with E-state index in [4.69, 9.17) is 9.47 Å². The molecule has 0 radical (unpaired) electrons.